The van der Waals surface area contributed by atoms with Gasteiger partial charge in [-0.05, 0) is 75.3 Å². The molecule has 3 aromatic rings. The Bertz CT molecular complexity index is 1170. The molecule has 3 N–H and O–H groups in total. The number of halogens is 4. The molecule has 0 fully saturated rings. The molecule has 0 spiro atoms. The largest absolute Gasteiger partial charge is 0.483 e. The molecule has 3 aromatic carbocycles. The van der Waals surface area contributed by atoms with Crippen LogP contribution in [-0.2, 0) is 4.79 Å². The number of nitrogens with one attached hydrogen (secondary N) is 3. The van der Waals surface area contributed by atoms with Gasteiger partial charge in [-0.2, -0.15) is 0 Å². The number of hydrogen-bond acceptors (Lipinski definition) is 4. The maximum atomic E-state index is 12.2. The van der Waals surface area contributed by atoms with Gasteiger partial charge in [0.15, 0.2) is 11.7 Å². The number of hydrazine groups is 1. The van der Waals surface area contributed by atoms with Gasteiger partial charge in [0.25, 0.3) is 11.8 Å². The molecule has 0 saturated heterocycles. The zero-order chi connectivity index (χ0) is 22.5. The molecule has 0 bridgehead atoms. The van der Waals surface area contributed by atoms with Crippen LogP contribution in [0, 0.1) is 0 Å². The molecule has 0 aromatic heterocycles. The van der Waals surface area contributed by atoms with E-state index in [1.54, 1.807) is 6.07 Å². The van der Waals surface area contributed by atoms with E-state index >= 15 is 0 Å². The van der Waals surface area contributed by atoms with E-state index in [4.69, 9.17) is 40.2 Å². The summed E-state index contributed by atoms with van der Waals surface area (Å²) in [5.74, 6) is -0.511. The highest BCUT2D eigenvalue weighted by Crippen LogP contribution is 2.34. The molecule has 0 aliphatic rings. The molecule has 0 heterocycles. The van der Waals surface area contributed by atoms with Crippen LogP contribution >= 0.6 is 67.3 Å². The summed E-state index contributed by atoms with van der Waals surface area (Å²) in [6.07, 6.45) is 0. The third kappa shape index (κ3) is 6.54. The highest BCUT2D eigenvalue weighted by Gasteiger charge is 2.12. The van der Waals surface area contributed by atoms with Gasteiger partial charge in [0.1, 0.15) is 5.75 Å². The van der Waals surface area contributed by atoms with Crippen molar-refractivity contribution in [2.75, 3.05) is 6.61 Å². The van der Waals surface area contributed by atoms with Gasteiger partial charge in [0, 0.05) is 20.1 Å². The SMILES string of the molecule is O=C(COc1ccc2cc(Br)ccc2c1Br)NNC(=S)NC(=O)c1cc(Cl)cc(Cl)c1. The van der Waals surface area contributed by atoms with Crippen LogP contribution in [-0.4, -0.2) is 23.5 Å². The Balaban J connectivity index is 1.50. The molecule has 0 unspecified atom stereocenters. The lowest BCUT2D eigenvalue weighted by atomic mass is 10.1. The first-order valence-electron chi connectivity index (χ1n) is 8.60. The lowest BCUT2D eigenvalue weighted by Gasteiger charge is -2.13. The number of rotatable bonds is 4. The molecule has 0 radical (unpaired) electrons. The van der Waals surface area contributed by atoms with E-state index in [0.29, 0.717) is 15.8 Å². The van der Waals surface area contributed by atoms with Gasteiger partial charge < -0.3 is 4.74 Å². The van der Waals surface area contributed by atoms with Gasteiger partial charge >= 0.3 is 0 Å². The van der Waals surface area contributed by atoms with E-state index < -0.39 is 11.8 Å². The van der Waals surface area contributed by atoms with Gasteiger partial charge in [0.05, 0.1) is 4.47 Å². The minimum absolute atomic E-state index is 0.105. The number of ether oxygens (including phenoxy) is 1. The monoisotopic (exact) mass is 603 g/mol. The number of carbonyl (C=O) groups excluding carboxylic acids is 2. The fourth-order valence-electron chi connectivity index (χ4n) is 2.55. The molecule has 0 aliphatic carbocycles. The number of thiocarbonyl (C=S) groups is 1. The van der Waals surface area contributed by atoms with Crippen molar-refractivity contribution in [3.63, 3.8) is 0 Å². The van der Waals surface area contributed by atoms with Gasteiger partial charge in [-0.15, -0.1) is 0 Å². The molecule has 160 valence electrons. The van der Waals surface area contributed by atoms with Crippen molar-refractivity contribution in [2.24, 2.45) is 0 Å². The Morgan fingerprint density at radius 2 is 1.68 bits per heavy atom. The van der Waals surface area contributed by atoms with Crippen LogP contribution in [0.2, 0.25) is 10.0 Å². The van der Waals surface area contributed by atoms with E-state index in [2.05, 4.69) is 48.0 Å². The van der Waals surface area contributed by atoms with Crippen molar-refractivity contribution in [1.29, 1.82) is 0 Å². The summed E-state index contributed by atoms with van der Waals surface area (Å²) in [4.78, 5) is 24.2. The van der Waals surface area contributed by atoms with Crippen LogP contribution in [0.15, 0.2) is 57.5 Å². The topological polar surface area (TPSA) is 79.5 Å². The number of benzene rings is 3. The van der Waals surface area contributed by atoms with Crippen LogP contribution in [0.3, 0.4) is 0 Å². The standard InChI is InChI=1S/C20H13Br2Cl2N3O3S/c21-12-2-3-15-10(5-12)1-4-16(18(15)22)30-9-17(28)26-27-20(31)25-19(29)11-6-13(23)8-14(24)7-11/h1-8H,9H2,(H,26,28)(H2,25,27,29,31). The van der Waals surface area contributed by atoms with E-state index in [1.807, 2.05) is 24.3 Å². The van der Waals surface area contributed by atoms with Gasteiger partial charge in [-0.1, -0.05) is 51.3 Å². The normalized spacial score (nSPS) is 10.5. The first-order chi connectivity index (χ1) is 14.7. The summed E-state index contributed by atoms with van der Waals surface area (Å²) in [5, 5.41) is 4.90. The molecule has 0 saturated carbocycles. The lowest BCUT2D eigenvalue weighted by Crippen LogP contribution is -2.49. The maximum Gasteiger partial charge on any atom is 0.276 e. The zero-order valence-electron chi connectivity index (χ0n) is 15.5. The number of amides is 2. The fourth-order valence-corrected chi connectivity index (χ4v) is 4.21. The average Bonchev–Trinajstić information content (AvgIpc) is 2.71. The molecule has 0 atom stereocenters. The van der Waals surface area contributed by atoms with Gasteiger partial charge in [-0.3, -0.25) is 25.8 Å². The third-order valence-electron chi connectivity index (χ3n) is 3.91. The molecule has 6 nitrogen and oxygen atoms in total. The van der Waals surface area contributed by atoms with E-state index in [9.17, 15) is 9.59 Å². The molecule has 31 heavy (non-hydrogen) atoms. The van der Waals surface area contributed by atoms with E-state index in [0.717, 1.165) is 19.7 Å². The van der Waals surface area contributed by atoms with Crippen LogP contribution in [0.25, 0.3) is 10.8 Å². The summed E-state index contributed by atoms with van der Waals surface area (Å²) in [6.45, 7) is -0.270. The summed E-state index contributed by atoms with van der Waals surface area (Å²) in [7, 11) is 0. The molecule has 2 amide bonds. The molecule has 3 rings (SSSR count). The van der Waals surface area contributed by atoms with Crippen LogP contribution in [0.5, 0.6) is 5.75 Å². The summed E-state index contributed by atoms with van der Waals surface area (Å²) in [5.41, 5.74) is 5.02. The maximum absolute atomic E-state index is 12.2. The second-order valence-electron chi connectivity index (χ2n) is 6.15. The van der Waals surface area contributed by atoms with Gasteiger partial charge in [-0.25, -0.2) is 0 Å². The minimum atomic E-state index is -0.529. The van der Waals surface area contributed by atoms with E-state index in [-0.39, 0.29) is 17.3 Å². The third-order valence-corrected chi connectivity index (χ3v) is 5.86. The first kappa shape index (κ1) is 23.7. The van der Waals surface area contributed by atoms with Crippen LogP contribution < -0.4 is 20.9 Å². The Morgan fingerprint density at radius 3 is 2.39 bits per heavy atom. The van der Waals surface area contributed by atoms with E-state index in [1.165, 1.54) is 18.2 Å². The Kier molecular flexibility index (Phi) is 8.12. The predicted octanol–water partition coefficient (Wildman–Crippen LogP) is 5.39. The van der Waals surface area contributed by atoms with Crippen molar-refractivity contribution in [1.82, 2.24) is 16.2 Å². The number of carbonyl (C=O) groups is 2. The molecule has 0 aliphatic heterocycles. The highest BCUT2D eigenvalue weighted by molar-refractivity contribution is 9.11. The summed E-state index contributed by atoms with van der Waals surface area (Å²) < 4.78 is 7.28. The average molecular weight is 606 g/mol. The van der Waals surface area contributed by atoms with Crippen LogP contribution in [0.4, 0.5) is 0 Å². The quantitative estimate of drug-likeness (QED) is 0.275. The molecular weight excluding hydrogens is 593 g/mol. The highest BCUT2D eigenvalue weighted by atomic mass is 79.9. The Labute approximate surface area is 209 Å². The van der Waals surface area contributed by atoms with Crippen LogP contribution in [0.1, 0.15) is 10.4 Å². The Hall–Kier alpha value is -1.91. The van der Waals surface area contributed by atoms with Crippen molar-refractivity contribution in [3.05, 3.63) is 73.1 Å². The first-order valence-corrected chi connectivity index (χ1v) is 11.3. The summed E-state index contributed by atoms with van der Waals surface area (Å²) in [6, 6.07) is 13.9. The fraction of sp³-hybridized carbons (Fsp3) is 0.0500. The lowest BCUT2D eigenvalue weighted by molar-refractivity contribution is -0.123. The molecular formula is C20H13Br2Cl2N3O3S. The minimum Gasteiger partial charge on any atom is -0.483 e. The number of hydrogen-bond donors (Lipinski definition) is 3. The van der Waals surface area contributed by atoms with Crippen molar-refractivity contribution in [3.8, 4) is 5.75 Å². The molecule has 11 heteroatoms. The second kappa shape index (κ2) is 10.6. The second-order valence-corrected chi connectivity index (χ2v) is 9.14. The van der Waals surface area contributed by atoms with Crippen molar-refractivity contribution in [2.45, 2.75) is 0 Å². The number of fused-ring (bicyclic) bond motifs is 1. The smallest absolute Gasteiger partial charge is 0.276 e. The van der Waals surface area contributed by atoms with Crippen molar-refractivity contribution >= 4 is 95.0 Å². The zero-order valence-corrected chi connectivity index (χ0v) is 21.0. The predicted molar refractivity (Wildman–Crippen MR) is 133 cm³/mol. The summed E-state index contributed by atoms with van der Waals surface area (Å²) >= 11 is 23.7. The van der Waals surface area contributed by atoms with Crippen molar-refractivity contribution < 1.29 is 14.3 Å². The Morgan fingerprint density at radius 1 is 0.968 bits per heavy atom. The van der Waals surface area contributed by atoms with Gasteiger partial charge in [0.2, 0.25) is 0 Å².